The zero-order valence-electron chi connectivity index (χ0n) is 7.60. The third-order valence-corrected chi connectivity index (χ3v) is 2.31. The molecule has 1 aromatic rings. The number of benzene rings is 1. The van der Waals surface area contributed by atoms with Crippen LogP contribution in [-0.4, -0.2) is 23.1 Å². The SMILES string of the molecule is CC(O)(CS)COc1ccccc1. The van der Waals surface area contributed by atoms with Gasteiger partial charge in [0.2, 0.25) is 0 Å². The van der Waals surface area contributed by atoms with E-state index in [1.165, 1.54) is 0 Å². The summed E-state index contributed by atoms with van der Waals surface area (Å²) < 4.78 is 5.36. The first kappa shape index (κ1) is 10.4. The van der Waals surface area contributed by atoms with E-state index in [9.17, 15) is 5.11 Å². The van der Waals surface area contributed by atoms with E-state index in [4.69, 9.17) is 4.74 Å². The van der Waals surface area contributed by atoms with Crippen LogP contribution in [-0.2, 0) is 0 Å². The van der Waals surface area contributed by atoms with Crippen molar-refractivity contribution in [1.82, 2.24) is 0 Å². The van der Waals surface area contributed by atoms with Crippen LogP contribution in [0, 0.1) is 0 Å². The van der Waals surface area contributed by atoms with E-state index in [0.29, 0.717) is 5.75 Å². The van der Waals surface area contributed by atoms with Crippen molar-refractivity contribution in [1.29, 1.82) is 0 Å². The van der Waals surface area contributed by atoms with Gasteiger partial charge in [0, 0.05) is 5.75 Å². The third kappa shape index (κ3) is 3.70. The lowest BCUT2D eigenvalue weighted by atomic mass is 10.1. The van der Waals surface area contributed by atoms with Gasteiger partial charge >= 0.3 is 0 Å². The number of para-hydroxylation sites is 1. The molecule has 0 saturated carbocycles. The first-order valence-electron chi connectivity index (χ1n) is 4.15. The minimum Gasteiger partial charge on any atom is -0.491 e. The first-order valence-corrected chi connectivity index (χ1v) is 4.78. The Labute approximate surface area is 84.0 Å². The predicted octanol–water partition coefficient (Wildman–Crippen LogP) is 1.75. The van der Waals surface area contributed by atoms with Crippen LogP contribution in [0.1, 0.15) is 6.92 Å². The molecule has 2 nitrogen and oxygen atoms in total. The van der Waals surface area contributed by atoms with Crippen molar-refractivity contribution in [2.45, 2.75) is 12.5 Å². The fourth-order valence-corrected chi connectivity index (χ4v) is 0.892. The Morgan fingerprint density at radius 1 is 1.38 bits per heavy atom. The number of hydrogen-bond acceptors (Lipinski definition) is 3. The van der Waals surface area contributed by atoms with Crippen LogP contribution >= 0.6 is 12.6 Å². The van der Waals surface area contributed by atoms with Crippen LogP contribution in [0.4, 0.5) is 0 Å². The second-order valence-corrected chi connectivity index (χ2v) is 3.57. The summed E-state index contributed by atoms with van der Waals surface area (Å²) in [5, 5.41) is 9.58. The van der Waals surface area contributed by atoms with E-state index in [2.05, 4.69) is 12.6 Å². The summed E-state index contributed by atoms with van der Waals surface area (Å²) in [7, 11) is 0. The van der Waals surface area contributed by atoms with Crippen molar-refractivity contribution in [3.63, 3.8) is 0 Å². The van der Waals surface area contributed by atoms with Gasteiger partial charge in [-0.3, -0.25) is 0 Å². The van der Waals surface area contributed by atoms with E-state index in [-0.39, 0.29) is 6.61 Å². The normalized spacial score (nSPS) is 15.0. The maximum Gasteiger partial charge on any atom is 0.119 e. The summed E-state index contributed by atoms with van der Waals surface area (Å²) >= 11 is 4.02. The predicted molar refractivity (Wildman–Crippen MR) is 56.4 cm³/mol. The molecule has 13 heavy (non-hydrogen) atoms. The van der Waals surface area contributed by atoms with Gasteiger partial charge in [-0.15, -0.1) is 0 Å². The molecule has 0 bridgehead atoms. The zero-order valence-corrected chi connectivity index (χ0v) is 8.50. The average molecular weight is 198 g/mol. The second-order valence-electron chi connectivity index (χ2n) is 3.26. The van der Waals surface area contributed by atoms with Crippen LogP contribution in [0.2, 0.25) is 0 Å². The highest BCUT2D eigenvalue weighted by Gasteiger charge is 2.18. The number of aliphatic hydroxyl groups is 1. The minimum absolute atomic E-state index is 0.264. The lowest BCUT2D eigenvalue weighted by Crippen LogP contribution is -2.34. The van der Waals surface area contributed by atoms with Gasteiger partial charge < -0.3 is 9.84 Å². The van der Waals surface area contributed by atoms with Gasteiger partial charge in [-0.1, -0.05) is 18.2 Å². The molecule has 0 fully saturated rings. The third-order valence-electron chi connectivity index (χ3n) is 1.63. The lowest BCUT2D eigenvalue weighted by molar-refractivity contribution is 0.0331. The highest BCUT2D eigenvalue weighted by atomic mass is 32.1. The number of thiol groups is 1. The molecular formula is C10H14O2S. The van der Waals surface area contributed by atoms with Gasteiger partial charge in [0.05, 0.1) is 0 Å². The Morgan fingerprint density at radius 2 is 2.00 bits per heavy atom. The molecule has 1 unspecified atom stereocenters. The first-order chi connectivity index (χ1) is 6.14. The standard InChI is InChI=1S/C10H14O2S/c1-10(11,8-13)7-12-9-5-3-2-4-6-9/h2-6,11,13H,7-8H2,1H3. The molecule has 0 heterocycles. The summed E-state index contributed by atoms with van der Waals surface area (Å²) in [5.74, 6) is 1.16. The maximum absolute atomic E-state index is 9.58. The van der Waals surface area contributed by atoms with E-state index >= 15 is 0 Å². The van der Waals surface area contributed by atoms with Crippen LogP contribution in [0.5, 0.6) is 5.75 Å². The van der Waals surface area contributed by atoms with E-state index in [0.717, 1.165) is 5.75 Å². The molecule has 0 aliphatic heterocycles. The fourth-order valence-electron chi connectivity index (χ4n) is 0.801. The summed E-state index contributed by atoms with van der Waals surface area (Å²) in [4.78, 5) is 0. The highest BCUT2D eigenvalue weighted by molar-refractivity contribution is 7.80. The van der Waals surface area contributed by atoms with Crippen molar-refractivity contribution < 1.29 is 9.84 Å². The molecule has 1 atom stereocenters. The smallest absolute Gasteiger partial charge is 0.119 e. The minimum atomic E-state index is -0.862. The van der Waals surface area contributed by atoms with Crippen LogP contribution < -0.4 is 4.74 Å². The van der Waals surface area contributed by atoms with Crippen LogP contribution in [0.15, 0.2) is 30.3 Å². The van der Waals surface area contributed by atoms with Crippen molar-refractivity contribution in [2.24, 2.45) is 0 Å². The molecule has 3 heteroatoms. The van der Waals surface area contributed by atoms with E-state index < -0.39 is 5.60 Å². The largest absolute Gasteiger partial charge is 0.491 e. The molecule has 1 rings (SSSR count). The lowest BCUT2D eigenvalue weighted by Gasteiger charge is -2.20. The molecule has 0 amide bonds. The molecule has 0 spiro atoms. The fraction of sp³-hybridized carbons (Fsp3) is 0.400. The average Bonchev–Trinajstić information content (AvgIpc) is 2.17. The Kier molecular flexibility index (Phi) is 3.63. The number of hydrogen-bond donors (Lipinski definition) is 2. The molecule has 1 N–H and O–H groups in total. The highest BCUT2D eigenvalue weighted by Crippen LogP contribution is 2.12. The molecule has 1 aromatic carbocycles. The molecule has 0 aliphatic carbocycles. The van der Waals surface area contributed by atoms with Gasteiger partial charge in [-0.05, 0) is 19.1 Å². The van der Waals surface area contributed by atoms with Crippen molar-refractivity contribution in [2.75, 3.05) is 12.4 Å². The zero-order chi connectivity index (χ0) is 9.73. The van der Waals surface area contributed by atoms with Crippen LogP contribution in [0.3, 0.4) is 0 Å². The topological polar surface area (TPSA) is 29.5 Å². The Hall–Kier alpha value is -0.670. The van der Waals surface area contributed by atoms with Gasteiger partial charge in [0.1, 0.15) is 18.0 Å². The van der Waals surface area contributed by atoms with Gasteiger partial charge in [0.25, 0.3) is 0 Å². The Balaban J connectivity index is 2.44. The number of ether oxygens (including phenoxy) is 1. The van der Waals surface area contributed by atoms with Gasteiger partial charge in [-0.25, -0.2) is 0 Å². The van der Waals surface area contributed by atoms with Crippen molar-refractivity contribution in [3.8, 4) is 5.75 Å². The van der Waals surface area contributed by atoms with Crippen molar-refractivity contribution >= 4 is 12.6 Å². The number of rotatable bonds is 4. The van der Waals surface area contributed by atoms with Crippen LogP contribution in [0.25, 0.3) is 0 Å². The summed E-state index contributed by atoms with van der Waals surface area (Å²) in [6.45, 7) is 1.96. The summed E-state index contributed by atoms with van der Waals surface area (Å²) in [6.07, 6.45) is 0. The molecular weight excluding hydrogens is 184 g/mol. The van der Waals surface area contributed by atoms with Crippen molar-refractivity contribution in [3.05, 3.63) is 30.3 Å². The molecule has 0 aliphatic rings. The summed E-state index contributed by atoms with van der Waals surface area (Å²) in [5.41, 5.74) is -0.862. The molecule has 0 aromatic heterocycles. The summed E-state index contributed by atoms with van der Waals surface area (Å²) in [6, 6.07) is 9.42. The van der Waals surface area contributed by atoms with Gasteiger partial charge in [-0.2, -0.15) is 12.6 Å². The second kappa shape index (κ2) is 4.53. The van der Waals surface area contributed by atoms with E-state index in [1.54, 1.807) is 6.92 Å². The molecule has 0 radical (unpaired) electrons. The monoisotopic (exact) mass is 198 g/mol. The maximum atomic E-state index is 9.58. The Morgan fingerprint density at radius 3 is 2.54 bits per heavy atom. The molecule has 0 saturated heterocycles. The van der Waals surface area contributed by atoms with Gasteiger partial charge in [0.15, 0.2) is 0 Å². The Bertz CT molecular complexity index is 246. The molecule has 72 valence electrons. The van der Waals surface area contributed by atoms with E-state index in [1.807, 2.05) is 30.3 Å². The quantitative estimate of drug-likeness (QED) is 0.722.